The normalized spacial score (nSPS) is 25.4. The first-order chi connectivity index (χ1) is 9.05. The van der Waals surface area contributed by atoms with Gasteiger partial charge in [0, 0.05) is 10.9 Å². The van der Waals surface area contributed by atoms with Crippen LogP contribution in [0.1, 0.15) is 24.1 Å². The van der Waals surface area contributed by atoms with E-state index in [2.05, 4.69) is 0 Å². The highest BCUT2D eigenvalue weighted by molar-refractivity contribution is 7.91. The summed E-state index contributed by atoms with van der Waals surface area (Å²) < 4.78 is 23.0. The fourth-order valence-electron chi connectivity index (χ4n) is 2.57. The third kappa shape index (κ3) is 3.00. The lowest BCUT2D eigenvalue weighted by atomic mass is 10.1. The Labute approximate surface area is 117 Å². The quantitative estimate of drug-likeness (QED) is 0.850. The van der Waals surface area contributed by atoms with Gasteiger partial charge in [0.2, 0.25) is 5.91 Å². The molecule has 1 saturated heterocycles. The molecule has 0 bridgehead atoms. The summed E-state index contributed by atoms with van der Waals surface area (Å²) in [6, 6.07) is 4.34. The Morgan fingerprint density at radius 2 is 2.16 bits per heavy atom. The van der Waals surface area contributed by atoms with E-state index in [-0.39, 0.29) is 23.3 Å². The number of carbonyl (C=O) groups excluding carboxylic acids is 1. The van der Waals surface area contributed by atoms with E-state index in [0.717, 1.165) is 12.8 Å². The maximum Gasteiger partial charge on any atom is 0.227 e. The SMILES string of the molecule is O=C(C1CCS(=O)(=O)C1)N(Cc1cccs1)C1CC1. The average molecular weight is 299 g/mol. The number of nitrogens with zero attached hydrogens (tertiary/aromatic N) is 1. The summed E-state index contributed by atoms with van der Waals surface area (Å²) in [4.78, 5) is 15.6. The summed E-state index contributed by atoms with van der Waals surface area (Å²) >= 11 is 1.64. The topological polar surface area (TPSA) is 54.5 Å². The largest absolute Gasteiger partial charge is 0.334 e. The first-order valence-electron chi connectivity index (χ1n) is 6.58. The van der Waals surface area contributed by atoms with E-state index in [1.807, 2.05) is 22.4 Å². The van der Waals surface area contributed by atoms with Gasteiger partial charge in [0.25, 0.3) is 0 Å². The van der Waals surface area contributed by atoms with Crippen LogP contribution in [0.5, 0.6) is 0 Å². The van der Waals surface area contributed by atoms with Gasteiger partial charge in [-0.15, -0.1) is 11.3 Å². The van der Waals surface area contributed by atoms with Gasteiger partial charge in [-0.2, -0.15) is 0 Å². The number of hydrogen-bond acceptors (Lipinski definition) is 4. The second-order valence-electron chi connectivity index (χ2n) is 5.38. The van der Waals surface area contributed by atoms with Gasteiger partial charge in [-0.1, -0.05) is 6.07 Å². The van der Waals surface area contributed by atoms with Crippen LogP contribution < -0.4 is 0 Å². The summed E-state index contributed by atoms with van der Waals surface area (Å²) in [5, 5.41) is 2.00. The Morgan fingerprint density at radius 1 is 1.37 bits per heavy atom. The first-order valence-corrected chi connectivity index (χ1v) is 9.28. The van der Waals surface area contributed by atoms with Crippen LogP contribution in [0.4, 0.5) is 0 Å². The molecular weight excluding hydrogens is 282 g/mol. The molecule has 2 aliphatic rings. The van der Waals surface area contributed by atoms with E-state index in [1.54, 1.807) is 11.3 Å². The second kappa shape index (κ2) is 4.90. The number of thiophene rings is 1. The van der Waals surface area contributed by atoms with E-state index >= 15 is 0 Å². The van der Waals surface area contributed by atoms with E-state index < -0.39 is 9.84 Å². The van der Waals surface area contributed by atoms with E-state index in [4.69, 9.17) is 0 Å². The summed E-state index contributed by atoms with van der Waals surface area (Å²) in [5.41, 5.74) is 0. The molecule has 0 spiro atoms. The molecule has 104 valence electrons. The highest BCUT2D eigenvalue weighted by Crippen LogP contribution is 2.32. The minimum atomic E-state index is -2.99. The van der Waals surface area contributed by atoms with Gasteiger partial charge in [0.1, 0.15) is 0 Å². The lowest BCUT2D eigenvalue weighted by Crippen LogP contribution is -2.37. The van der Waals surface area contributed by atoms with Gasteiger partial charge >= 0.3 is 0 Å². The summed E-state index contributed by atoms with van der Waals surface area (Å²) in [7, 11) is -2.99. The Bertz CT molecular complexity index is 561. The molecule has 2 heterocycles. The van der Waals surface area contributed by atoms with Crippen LogP contribution in [0.15, 0.2) is 17.5 Å². The van der Waals surface area contributed by atoms with Crippen LogP contribution in [0.3, 0.4) is 0 Å². The summed E-state index contributed by atoms with van der Waals surface area (Å²) in [6.07, 6.45) is 2.60. The van der Waals surface area contributed by atoms with Crippen molar-refractivity contribution in [3.63, 3.8) is 0 Å². The summed E-state index contributed by atoms with van der Waals surface area (Å²) in [5.74, 6) is -0.0667. The summed E-state index contributed by atoms with van der Waals surface area (Å²) in [6.45, 7) is 0.637. The number of rotatable bonds is 4. The van der Waals surface area contributed by atoms with Crippen LogP contribution in [-0.4, -0.2) is 36.8 Å². The predicted molar refractivity (Wildman–Crippen MR) is 74.7 cm³/mol. The third-order valence-corrected chi connectivity index (χ3v) is 6.39. The average Bonchev–Trinajstić information content (AvgIpc) is 2.94. The van der Waals surface area contributed by atoms with Crippen LogP contribution in [-0.2, 0) is 21.2 Å². The maximum atomic E-state index is 12.5. The molecule has 0 radical (unpaired) electrons. The van der Waals surface area contributed by atoms with Crippen molar-refractivity contribution in [2.45, 2.75) is 31.8 Å². The fourth-order valence-corrected chi connectivity index (χ4v) is 5.00. The van der Waals surface area contributed by atoms with E-state index in [9.17, 15) is 13.2 Å². The van der Waals surface area contributed by atoms with Crippen LogP contribution >= 0.6 is 11.3 Å². The molecule has 0 N–H and O–H groups in total. The smallest absolute Gasteiger partial charge is 0.227 e. The monoisotopic (exact) mass is 299 g/mol. The standard InChI is InChI=1S/C13H17NO3S2/c15-13(10-5-7-19(16,17)9-10)14(11-3-4-11)8-12-2-1-6-18-12/h1-2,6,10-11H,3-5,7-9H2. The lowest BCUT2D eigenvalue weighted by molar-refractivity contribution is -0.135. The van der Waals surface area contributed by atoms with Crippen LogP contribution in [0, 0.1) is 5.92 Å². The molecule has 1 amide bonds. The van der Waals surface area contributed by atoms with E-state index in [1.165, 1.54) is 4.88 Å². The zero-order chi connectivity index (χ0) is 13.5. The molecule has 1 saturated carbocycles. The lowest BCUT2D eigenvalue weighted by Gasteiger charge is -2.24. The molecule has 4 nitrogen and oxygen atoms in total. The molecule has 1 aromatic heterocycles. The van der Waals surface area contributed by atoms with Gasteiger partial charge in [0.15, 0.2) is 9.84 Å². The van der Waals surface area contributed by atoms with Crippen LogP contribution in [0.2, 0.25) is 0 Å². The van der Waals surface area contributed by atoms with Crippen molar-refractivity contribution in [1.29, 1.82) is 0 Å². The highest BCUT2D eigenvalue weighted by Gasteiger charge is 2.40. The Balaban J connectivity index is 1.72. The zero-order valence-corrected chi connectivity index (χ0v) is 12.3. The zero-order valence-electron chi connectivity index (χ0n) is 10.6. The van der Waals surface area contributed by atoms with Crippen molar-refractivity contribution in [3.05, 3.63) is 22.4 Å². The van der Waals surface area contributed by atoms with Crippen molar-refractivity contribution in [3.8, 4) is 0 Å². The van der Waals surface area contributed by atoms with Crippen molar-refractivity contribution >= 4 is 27.1 Å². The molecule has 19 heavy (non-hydrogen) atoms. The molecule has 1 unspecified atom stereocenters. The molecule has 1 aliphatic heterocycles. The number of sulfone groups is 1. The molecule has 1 atom stereocenters. The molecule has 6 heteroatoms. The van der Waals surface area contributed by atoms with Gasteiger partial charge < -0.3 is 4.90 Å². The minimum absolute atomic E-state index is 0.0389. The molecule has 0 aromatic carbocycles. The van der Waals surface area contributed by atoms with Crippen molar-refractivity contribution < 1.29 is 13.2 Å². The Kier molecular flexibility index (Phi) is 3.39. The van der Waals surface area contributed by atoms with Gasteiger partial charge in [-0.3, -0.25) is 4.79 Å². The minimum Gasteiger partial charge on any atom is -0.334 e. The molecular formula is C13H17NO3S2. The van der Waals surface area contributed by atoms with Gasteiger partial charge in [-0.25, -0.2) is 8.42 Å². The first kappa shape index (κ1) is 13.1. The molecule has 3 rings (SSSR count). The molecule has 2 fully saturated rings. The molecule has 1 aromatic rings. The Hall–Kier alpha value is -0.880. The molecule has 1 aliphatic carbocycles. The predicted octanol–water partition coefficient (Wildman–Crippen LogP) is 1.67. The Morgan fingerprint density at radius 3 is 2.68 bits per heavy atom. The third-order valence-electron chi connectivity index (χ3n) is 3.76. The van der Waals surface area contributed by atoms with Crippen molar-refractivity contribution in [2.24, 2.45) is 5.92 Å². The van der Waals surface area contributed by atoms with Gasteiger partial charge in [0.05, 0.1) is 24.0 Å². The van der Waals surface area contributed by atoms with Crippen LogP contribution in [0.25, 0.3) is 0 Å². The number of carbonyl (C=O) groups is 1. The van der Waals surface area contributed by atoms with Gasteiger partial charge in [-0.05, 0) is 30.7 Å². The maximum absolute atomic E-state index is 12.5. The van der Waals surface area contributed by atoms with E-state index in [0.29, 0.717) is 19.0 Å². The highest BCUT2D eigenvalue weighted by atomic mass is 32.2. The van der Waals surface area contributed by atoms with Crippen molar-refractivity contribution in [1.82, 2.24) is 4.90 Å². The van der Waals surface area contributed by atoms with Crippen molar-refractivity contribution in [2.75, 3.05) is 11.5 Å². The number of amides is 1. The fraction of sp³-hybridized carbons (Fsp3) is 0.615. The number of hydrogen-bond donors (Lipinski definition) is 0. The second-order valence-corrected chi connectivity index (χ2v) is 8.64.